The molecule has 0 saturated carbocycles. The van der Waals surface area contributed by atoms with E-state index in [2.05, 4.69) is 0 Å². The van der Waals surface area contributed by atoms with Crippen LogP contribution in [0.1, 0.15) is 25.7 Å². The number of hydrogen-bond acceptors (Lipinski definition) is 4. The van der Waals surface area contributed by atoms with Crippen molar-refractivity contribution in [2.24, 2.45) is 0 Å². The summed E-state index contributed by atoms with van der Waals surface area (Å²) in [6.07, 6.45) is 3.61. The van der Waals surface area contributed by atoms with Crippen LogP contribution >= 0.6 is 11.6 Å². The van der Waals surface area contributed by atoms with Gasteiger partial charge in [0.05, 0.1) is 48.1 Å². The SMILES string of the molecule is O[C@H]1C[C@H]2O[C@H]2C[C@H]2O[C@@H]1C[C@@H]1O[C@@H]1C[C@@H]2Cl. The number of aliphatic hydroxyl groups is 1. The van der Waals surface area contributed by atoms with Crippen LogP contribution < -0.4 is 0 Å². The molecule has 4 aliphatic rings. The van der Waals surface area contributed by atoms with Gasteiger partial charge in [0, 0.05) is 19.3 Å². The lowest BCUT2D eigenvalue weighted by molar-refractivity contribution is -0.0945. The van der Waals surface area contributed by atoms with Gasteiger partial charge in [0.25, 0.3) is 0 Å². The van der Waals surface area contributed by atoms with Crippen molar-refractivity contribution in [2.45, 2.75) is 73.8 Å². The first kappa shape index (κ1) is 11.0. The quantitative estimate of drug-likeness (QED) is 0.518. The molecular formula is C12H17ClO4. The number of epoxide rings is 2. The molecule has 96 valence electrons. The number of alkyl halides is 1. The molecule has 4 rings (SSSR count). The number of halogens is 1. The van der Waals surface area contributed by atoms with Crippen molar-refractivity contribution in [3.8, 4) is 0 Å². The average molecular weight is 261 g/mol. The van der Waals surface area contributed by atoms with E-state index in [0.29, 0.717) is 6.42 Å². The number of aliphatic hydroxyl groups excluding tert-OH is 1. The summed E-state index contributed by atoms with van der Waals surface area (Å²) >= 11 is 6.40. The molecule has 4 heterocycles. The van der Waals surface area contributed by atoms with Crippen molar-refractivity contribution < 1.29 is 19.3 Å². The Kier molecular flexibility index (Phi) is 2.47. The fourth-order valence-electron chi connectivity index (χ4n) is 3.23. The lowest BCUT2D eigenvalue weighted by atomic mass is 9.93. The van der Waals surface area contributed by atoms with Gasteiger partial charge in [0.2, 0.25) is 0 Å². The summed E-state index contributed by atoms with van der Waals surface area (Å²) < 4.78 is 17.1. The molecule has 1 N–H and O–H groups in total. The average Bonchev–Trinajstić information content (AvgIpc) is 3.13. The minimum Gasteiger partial charge on any atom is -0.390 e. The molecule has 8 atom stereocenters. The summed E-state index contributed by atoms with van der Waals surface area (Å²) in [5, 5.41) is 10.1. The second-order valence-corrected chi connectivity index (χ2v) is 6.23. The highest BCUT2D eigenvalue weighted by Crippen LogP contribution is 2.43. The van der Waals surface area contributed by atoms with Crippen LogP contribution in [0, 0.1) is 0 Å². The van der Waals surface area contributed by atoms with E-state index in [4.69, 9.17) is 25.8 Å². The predicted octanol–water partition coefficient (Wildman–Crippen LogP) is 0.831. The van der Waals surface area contributed by atoms with Crippen molar-refractivity contribution in [1.29, 1.82) is 0 Å². The maximum atomic E-state index is 10.2. The molecule has 0 radical (unpaired) electrons. The number of ether oxygens (including phenoxy) is 3. The standard InChI is InChI=1S/C12H17ClO4/c13-5-1-9-12(16-9)4-8-6(14)2-10-11(17-10)3-7(5)15-8/h5-12,14H,1-4H2/t5-,6-,7+,8+,9+,10+,11-,12-/m0/s1. The number of hydrogen-bond donors (Lipinski definition) is 1. The smallest absolute Gasteiger partial charge is 0.0868 e. The molecule has 0 aromatic heterocycles. The number of rotatable bonds is 0. The van der Waals surface area contributed by atoms with E-state index in [1.54, 1.807) is 0 Å². The van der Waals surface area contributed by atoms with Crippen molar-refractivity contribution in [2.75, 3.05) is 0 Å². The third kappa shape index (κ3) is 2.00. The molecule has 0 amide bonds. The monoisotopic (exact) mass is 260 g/mol. The molecule has 0 unspecified atom stereocenters. The van der Waals surface area contributed by atoms with E-state index in [9.17, 15) is 5.11 Å². The van der Waals surface area contributed by atoms with E-state index in [0.717, 1.165) is 19.3 Å². The molecule has 2 bridgehead atoms. The highest BCUT2D eigenvalue weighted by Gasteiger charge is 2.52. The van der Waals surface area contributed by atoms with Crippen molar-refractivity contribution in [3.05, 3.63) is 0 Å². The molecule has 0 aromatic carbocycles. The summed E-state index contributed by atoms with van der Waals surface area (Å²) in [6.45, 7) is 0. The van der Waals surface area contributed by atoms with E-state index in [1.165, 1.54) is 0 Å². The van der Waals surface area contributed by atoms with Gasteiger partial charge in [-0.25, -0.2) is 0 Å². The van der Waals surface area contributed by atoms with Gasteiger partial charge in [0.15, 0.2) is 0 Å². The summed E-state index contributed by atoms with van der Waals surface area (Å²) in [4.78, 5) is 0. The third-order valence-electron chi connectivity index (χ3n) is 4.42. The van der Waals surface area contributed by atoms with Crippen molar-refractivity contribution >= 4 is 11.6 Å². The van der Waals surface area contributed by atoms with Gasteiger partial charge in [-0.15, -0.1) is 11.6 Å². The molecule has 4 nitrogen and oxygen atoms in total. The molecule has 4 saturated heterocycles. The fraction of sp³-hybridized carbons (Fsp3) is 1.00. The Balaban J connectivity index is 1.57. The first-order chi connectivity index (χ1) is 8.20. The van der Waals surface area contributed by atoms with Gasteiger partial charge < -0.3 is 19.3 Å². The third-order valence-corrected chi connectivity index (χ3v) is 4.88. The molecule has 4 fully saturated rings. The molecule has 4 aliphatic heterocycles. The minimum absolute atomic E-state index is 0.00299. The van der Waals surface area contributed by atoms with Gasteiger partial charge in [-0.1, -0.05) is 0 Å². The Morgan fingerprint density at radius 3 is 2.00 bits per heavy atom. The van der Waals surface area contributed by atoms with Crippen LogP contribution in [-0.2, 0) is 14.2 Å². The molecule has 0 aliphatic carbocycles. The fourth-order valence-corrected chi connectivity index (χ4v) is 3.56. The molecule has 5 heteroatoms. The minimum atomic E-state index is -0.445. The maximum Gasteiger partial charge on any atom is 0.0868 e. The van der Waals surface area contributed by atoms with Crippen molar-refractivity contribution in [1.82, 2.24) is 0 Å². The zero-order valence-electron chi connectivity index (χ0n) is 9.50. The molecule has 0 spiro atoms. The zero-order valence-corrected chi connectivity index (χ0v) is 10.3. The Hall–Kier alpha value is 0.130. The van der Waals surface area contributed by atoms with Gasteiger partial charge in [-0.3, -0.25) is 0 Å². The molecule has 17 heavy (non-hydrogen) atoms. The lowest BCUT2D eigenvalue weighted by Crippen LogP contribution is -2.42. The van der Waals surface area contributed by atoms with Crippen LogP contribution in [-0.4, -0.2) is 53.2 Å². The number of fused-ring (bicyclic) bond motifs is 4. The summed E-state index contributed by atoms with van der Waals surface area (Å²) in [7, 11) is 0. The second-order valence-electron chi connectivity index (χ2n) is 5.67. The molecule has 0 aromatic rings. The van der Waals surface area contributed by atoms with Crippen LogP contribution in [0.15, 0.2) is 0 Å². The Morgan fingerprint density at radius 1 is 0.706 bits per heavy atom. The van der Waals surface area contributed by atoms with Gasteiger partial charge in [-0.2, -0.15) is 0 Å². The molecular weight excluding hydrogens is 244 g/mol. The highest BCUT2D eigenvalue weighted by atomic mass is 35.5. The van der Waals surface area contributed by atoms with E-state index in [1.807, 2.05) is 0 Å². The van der Waals surface area contributed by atoms with E-state index >= 15 is 0 Å². The highest BCUT2D eigenvalue weighted by molar-refractivity contribution is 6.21. The second kappa shape index (κ2) is 3.81. The van der Waals surface area contributed by atoms with E-state index in [-0.39, 0.29) is 42.0 Å². The normalized spacial score (nSPS) is 61.1. The first-order valence-corrected chi connectivity index (χ1v) is 6.93. The summed E-state index contributed by atoms with van der Waals surface area (Å²) in [6, 6.07) is 0. The van der Waals surface area contributed by atoms with Gasteiger partial charge in [-0.05, 0) is 6.42 Å². The Morgan fingerprint density at radius 2 is 1.24 bits per heavy atom. The first-order valence-electron chi connectivity index (χ1n) is 6.49. The van der Waals surface area contributed by atoms with Crippen LogP contribution in [0.3, 0.4) is 0 Å². The van der Waals surface area contributed by atoms with Crippen LogP contribution in [0.5, 0.6) is 0 Å². The summed E-state index contributed by atoms with van der Waals surface area (Å²) in [5.41, 5.74) is 0. The van der Waals surface area contributed by atoms with Crippen molar-refractivity contribution in [3.63, 3.8) is 0 Å². The van der Waals surface area contributed by atoms with Crippen LogP contribution in [0.4, 0.5) is 0 Å². The Bertz CT molecular complexity index is 296. The topological polar surface area (TPSA) is 54.5 Å². The zero-order chi connectivity index (χ0) is 11.6. The lowest BCUT2D eigenvalue weighted by Gasteiger charge is -2.33. The van der Waals surface area contributed by atoms with Gasteiger partial charge >= 0.3 is 0 Å². The van der Waals surface area contributed by atoms with Crippen LogP contribution in [0.25, 0.3) is 0 Å². The predicted molar refractivity (Wildman–Crippen MR) is 60.1 cm³/mol. The summed E-state index contributed by atoms with van der Waals surface area (Å²) in [5.74, 6) is 0. The van der Waals surface area contributed by atoms with Crippen LogP contribution in [0.2, 0.25) is 0 Å². The van der Waals surface area contributed by atoms with Gasteiger partial charge in [0.1, 0.15) is 0 Å². The maximum absolute atomic E-state index is 10.2. The Labute approximate surface area is 105 Å². The largest absolute Gasteiger partial charge is 0.390 e. The van der Waals surface area contributed by atoms with E-state index < -0.39 is 6.10 Å².